The maximum Gasteiger partial charge on any atom is 0.253 e. The number of carbonyl (C=O) groups is 1. The lowest BCUT2D eigenvalue weighted by molar-refractivity contribution is 0.0935. The summed E-state index contributed by atoms with van der Waals surface area (Å²) in [4.78, 5) is 13.4. The van der Waals surface area contributed by atoms with Gasteiger partial charge in [0.15, 0.2) is 0 Å². The van der Waals surface area contributed by atoms with Gasteiger partial charge in [-0.25, -0.2) is 0 Å². The number of aryl methyl sites for hydroxylation is 1. The zero-order valence-corrected chi connectivity index (χ0v) is 11.8. The van der Waals surface area contributed by atoms with E-state index in [0.29, 0.717) is 0 Å². The molecule has 0 aromatic carbocycles. The Morgan fingerprint density at radius 1 is 1.50 bits per heavy atom. The molecule has 0 saturated carbocycles. The van der Waals surface area contributed by atoms with Gasteiger partial charge in [-0.1, -0.05) is 13.0 Å². The van der Waals surface area contributed by atoms with Crippen LogP contribution in [0.1, 0.15) is 40.3 Å². The summed E-state index contributed by atoms with van der Waals surface area (Å²) in [6.07, 6.45) is 2.81. The van der Waals surface area contributed by atoms with Crippen LogP contribution in [0.5, 0.6) is 0 Å². The molecule has 0 aliphatic heterocycles. The van der Waals surface area contributed by atoms with E-state index >= 15 is 0 Å². The van der Waals surface area contributed by atoms with Crippen LogP contribution in [-0.4, -0.2) is 10.5 Å². The predicted molar refractivity (Wildman–Crippen MR) is 75.0 cm³/mol. The Kier molecular flexibility index (Phi) is 3.87. The number of hydrogen-bond donors (Lipinski definition) is 1. The van der Waals surface area contributed by atoms with Gasteiger partial charge in [0.2, 0.25) is 0 Å². The number of thiophene rings is 1. The molecule has 1 atom stereocenters. The van der Waals surface area contributed by atoms with E-state index in [9.17, 15) is 4.79 Å². The van der Waals surface area contributed by atoms with Crippen molar-refractivity contribution in [2.24, 2.45) is 7.05 Å². The quantitative estimate of drug-likeness (QED) is 0.901. The Hall–Kier alpha value is -1.55. The van der Waals surface area contributed by atoms with Crippen LogP contribution in [0, 0.1) is 6.92 Å². The zero-order chi connectivity index (χ0) is 13.1. The molecule has 0 aliphatic carbocycles. The van der Waals surface area contributed by atoms with E-state index in [2.05, 4.69) is 18.3 Å². The smallest absolute Gasteiger partial charge is 0.253 e. The van der Waals surface area contributed by atoms with Crippen LogP contribution in [0.3, 0.4) is 0 Å². The number of aromatic nitrogens is 1. The molecule has 18 heavy (non-hydrogen) atoms. The topological polar surface area (TPSA) is 34.0 Å². The monoisotopic (exact) mass is 262 g/mol. The summed E-state index contributed by atoms with van der Waals surface area (Å²) in [5.74, 6) is 0.00773. The molecule has 2 aromatic rings. The van der Waals surface area contributed by atoms with E-state index in [1.807, 2.05) is 42.2 Å². The van der Waals surface area contributed by atoms with E-state index in [1.165, 1.54) is 4.88 Å². The van der Waals surface area contributed by atoms with Gasteiger partial charge < -0.3 is 9.88 Å². The molecular formula is C14H18N2OS. The van der Waals surface area contributed by atoms with Crippen LogP contribution in [0.15, 0.2) is 29.8 Å². The van der Waals surface area contributed by atoms with Gasteiger partial charge in [-0.3, -0.25) is 4.79 Å². The zero-order valence-electron chi connectivity index (χ0n) is 10.9. The molecule has 1 N–H and O–H groups in total. The van der Waals surface area contributed by atoms with E-state index < -0.39 is 0 Å². The fraction of sp³-hybridized carbons (Fsp3) is 0.357. The SMILES string of the molecule is CC[C@@H](NC(=O)c1ccn(C)c1C)c1cccs1. The van der Waals surface area contributed by atoms with Crippen molar-refractivity contribution in [1.29, 1.82) is 0 Å². The largest absolute Gasteiger partial charge is 0.354 e. The van der Waals surface area contributed by atoms with Crippen LogP contribution in [0.25, 0.3) is 0 Å². The number of nitrogens with zero attached hydrogens (tertiary/aromatic N) is 1. The molecule has 0 radical (unpaired) electrons. The average Bonchev–Trinajstić information content (AvgIpc) is 2.98. The van der Waals surface area contributed by atoms with Crippen molar-refractivity contribution < 1.29 is 4.79 Å². The van der Waals surface area contributed by atoms with Crippen molar-refractivity contribution in [3.05, 3.63) is 45.9 Å². The minimum atomic E-state index is 0.00773. The molecule has 0 aliphatic rings. The van der Waals surface area contributed by atoms with Gasteiger partial charge in [0.25, 0.3) is 5.91 Å². The lowest BCUT2D eigenvalue weighted by atomic mass is 10.1. The van der Waals surface area contributed by atoms with Gasteiger partial charge in [-0.15, -0.1) is 11.3 Å². The highest BCUT2D eigenvalue weighted by Gasteiger charge is 2.17. The molecule has 4 heteroatoms. The van der Waals surface area contributed by atoms with Crippen molar-refractivity contribution in [2.75, 3.05) is 0 Å². The summed E-state index contributed by atoms with van der Waals surface area (Å²) in [7, 11) is 1.95. The molecule has 2 rings (SSSR count). The summed E-state index contributed by atoms with van der Waals surface area (Å²) in [6.45, 7) is 4.05. The van der Waals surface area contributed by atoms with Gasteiger partial charge in [0.05, 0.1) is 11.6 Å². The van der Waals surface area contributed by atoms with E-state index in [0.717, 1.165) is 17.7 Å². The lowest BCUT2D eigenvalue weighted by Crippen LogP contribution is -2.28. The highest BCUT2D eigenvalue weighted by atomic mass is 32.1. The van der Waals surface area contributed by atoms with Crippen LogP contribution in [-0.2, 0) is 7.05 Å². The third kappa shape index (κ3) is 2.48. The first-order valence-corrected chi connectivity index (χ1v) is 6.97. The van der Waals surface area contributed by atoms with Gasteiger partial charge in [-0.2, -0.15) is 0 Å². The molecule has 96 valence electrons. The first-order chi connectivity index (χ1) is 8.63. The molecular weight excluding hydrogens is 244 g/mol. The van der Waals surface area contributed by atoms with Crippen molar-refractivity contribution in [1.82, 2.24) is 9.88 Å². The molecule has 2 aromatic heterocycles. The van der Waals surface area contributed by atoms with Crippen molar-refractivity contribution in [3.8, 4) is 0 Å². The van der Waals surface area contributed by atoms with Crippen molar-refractivity contribution >= 4 is 17.2 Å². The number of amides is 1. The molecule has 3 nitrogen and oxygen atoms in total. The standard InChI is InChI=1S/C14H18N2OS/c1-4-12(13-6-5-9-18-13)15-14(17)11-7-8-16(3)10(11)2/h5-9,12H,4H2,1-3H3,(H,15,17)/t12-/m1/s1. The Morgan fingerprint density at radius 2 is 2.28 bits per heavy atom. The summed E-state index contributed by atoms with van der Waals surface area (Å²) in [5.41, 5.74) is 1.75. The molecule has 0 unspecified atom stereocenters. The molecule has 0 bridgehead atoms. The van der Waals surface area contributed by atoms with Crippen LogP contribution in [0.4, 0.5) is 0 Å². The highest BCUT2D eigenvalue weighted by molar-refractivity contribution is 7.10. The average molecular weight is 262 g/mol. The summed E-state index contributed by atoms with van der Waals surface area (Å²) >= 11 is 1.68. The third-order valence-electron chi connectivity index (χ3n) is 3.23. The minimum Gasteiger partial charge on any atom is -0.354 e. The maximum absolute atomic E-state index is 12.2. The molecule has 2 heterocycles. The van der Waals surface area contributed by atoms with E-state index in [-0.39, 0.29) is 11.9 Å². The second-order valence-corrected chi connectivity index (χ2v) is 5.35. The molecule has 1 amide bonds. The fourth-order valence-corrected chi connectivity index (χ4v) is 2.81. The van der Waals surface area contributed by atoms with Gasteiger partial charge in [-0.05, 0) is 30.9 Å². The van der Waals surface area contributed by atoms with E-state index in [4.69, 9.17) is 0 Å². The Labute approximate surface area is 111 Å². The Balaban J connectivity index is 2.13. The van der Waals surface area contributed by atoms with Gasteiger partial charge in [0.1, 0.15) is 0 Å². The number of rotatable bonds is 4. The van der Waals surface area contributed by atoms with Gasteiger partial charge >= 0.3 is 0 Å². The third-order valence-corrected chi connectivity index (χ3v) is 4.21. The molecule has 0 spiro atoms. The van der Waals surface area contributed by atoms with Gasteiger partial charge in [0, 0.05) is 23.8 Å². The number of carbonyl (C=O) groups excluding carboxylic acids is 1. The Bertz CT molecular complexity index is 528. The molecule has 0 fully saturated rings. The maximum atomic E-state index is 12.2. The lowest BCUT2D eigenvalue weighted by Gasteiger charge is -2.15. The summed E-state index contributed by atoms with van der Waals surface area (Å²) < 4.78 is 1.96. The first-order valence-electron chi connectivity index (χ1n) is 6.09. The summed E-state index contributed by atoms with van der Waals surface area (Å²) in [5, 5.41) is 5.14. The fourth-order valence-electron chi connectivity index (χ4n) is 1.95. The van der Waals surface area contributed by atoms with Crippen LogP contribution >= 0.6 is 11.3 Å². The second kappa shape index (κ2) is 5.40. The van der Waals surface area contributed by atoms with E-state index in [1.54, 1.807) is 11.3 Å². The highest BCUT2D eigenvalue weighted by Crippen LogP contribution is 2.22. The minimum absolute atomic E-state index is 0.00773. The summed E-state index contributed by atoms with van der Waals surface area (Å²) in [6, 6.07) is 6.06. The number of hydrogen-bond acceptors (Lipinski definition) is 2. The molecule has 0 saturated heterocycles. The normalized spacial score (nSPS) is 12.4. The van der Waals surface area contributed by atoms with Crippen molar-refractivity contribution in [3.63, 3.8) is 0 Å². The second-order valence-electron chi connectivity index (χ2n) is 4.38. The first kappa shape index (κ1) is 12.9. The van der Waals surface area contributed by atoms with Crippen molar-refractivity contribution in [2.45, 2.75) is 26.3 Å². The van der Waals surface area contributed by atoms with Crippen LogP contribution < -0.4 is 5.32 Å². The number of nitrogens with one attached hydrogen (secondary N) is 1. The van der Waals surface area contributed by atoms with Crippen LogP contribution in [0.2, 0.25) is 0 Å². The Morgan fingerprint density at radius 3 is 2.78 bits per heavy atom. The predicted octanol–water partition coefficient (Wildman–Crippen LogP) is 3.28.